The van der Waals surface area contributed by atoms with Crippen molar-refractivity contribution >= 4 is 16.8 Å². The molecule has 98 valence electrons. The smallest absolute Gasteiger partial charge is 0.262 e. The van der Waals surface area contributed by atoms with Crippen molar-refractivity contribution in [1.82, 2.24) is 19.9 Å². The molecule has 6 nitrogen and oxygen atoms in total. The van der Waals surface area contributed by atoms with E-state index in [1.54, 1.807) is 18.5 Å². The standard InChI is InChI=1S/C13H14N4O2/c18-12-11(3-1-2-5-15-12)17-8-16-10-7-14-6-4-9(10)13(17)19/h4,6-8,11H,1-3,5H2,(H,15,18)/t11-/m0/s1. The Kier molecular flexibility index (Phi) is 2.98. The lowest BCUT2D eigenvalue weighted by Gasteiger charge is -2.16. The number of fused-ring (bicyclic) bond motifs is 1. The van der Waals surface area contributed by atoms with Crippen LogP contribution in [0.2, 0.25) is 0 Å². The van der Waals surface area contributed by atoms with Crippen LogP contribution in [0.1, 0.15) is 25.3 Å². The Bertz CT molecular complexity index is 680. The van der Waals surface area contributed by atoms with Gasteiger partial charge < -0.3 is 5.32 Å². The maximum Gasteiger partial charge on any atom is 0.262 e. The van der Waals surface area contributed by atoms with Crippen LogP contribution in [0.25, 0.3) is 10.9 Å². The van der Waals surface area contributed by atoms with Crippen molar-refractivity contribution in [3.63, 3.8) is 0 Å². The number of hydrogen-bond acceptors (Lipinski definition) is 4. The first-order chi connectivity index (χ1) is 9.27. The van der Waals surface area contributed by atoms with Gasteiger partial charge >= 0.3 is 0 Å². The normalized spacial score (nSPS) is 20.0. The van der Waals surface area contributed by atoms with Gasteiger partial charge in [-0.1, -0.05) is 0 Å². The van der Waals surface area contributed by atoms with E-state index in [1.165, 1.54) is 10.9 Å². The summed E-state index contributed by atoms with van der Waals surface area (Å²) >= 11 is 0. The first-order valence-corrected chi connectivity index (χ1v) is 6.36. The number of carbonyl (C=O) groups is 1. The van der Waals surface area contributed by atoms with E-state index in [-0.39, 0.29) is 11.5 Å². The maximum absolute atomic E-state index is 12.4. The predicted molar refractivity (Wildman–Crippen MR) is 69.7 cm³/mol. The Labute approximate surface area is 109 Å². The van der Waals surface area contributed by atoms with E-state index in [2.05, 4.69) is 15.3 Å². The number of rotatable bonds is 1. The van der Waals surface area contributed by atoms with Crippen LogP contribution < -0.4 is 10.9 Å². The molecule has 19 heavy (non-hydrogen) atoms. The Hall–Kier alpha value is -2.24. The minimum atomic E-state index is -0.458. The van der Waals surface area contributed by atoms with E-state index >= 15 is 0 Å². The predicted octanol–water partition coefficient (Wildman–Crippen LogP) is 0.633. The van der Waals surface area contributed by atoms with Gasteiger partial charge in [-0.15, -0.1) is 0 Å². The molecule has 2 aromatic heterocycles. The highest BCUT2D eigenvalue weighted by molar-refractivity contribution is 5.81. The molecule has 0 radical (unpaired) electrons. The lowest BCUT2D eigenvalue weighted by molar-refractivity contribution is -0.124. The molecule has 1 fully saturated rings. The van der Waals surface area contributed by atoms with Crippen LogP contribution in [0.3, 0.4) is 0 Å². The van der Waals surface area contributed by atoms with Gasteiger partial charge in [0, 0.05) is 12.7 Å². The molecular formula is C13H14N4O2. The largest absolute Gasteiger partial charge is 0.354 e. The van der Waals surface area contributed by atoms with E-state index in [1.807, 2.05) is 0 Å². The summed E-state index contributed by atoms with van der Waals surface area (Å²) in [6, 6.07) is 1.18. The molecule has 0 unspecified atom stereocenters. The van der Waals surface area contributed by atoms with Crippen LogP contribution in [0, 0.1) is 0 Å². The first-order valence-electron chi connectivity index (χ1n) is 6.36. The molecule has 1 N–H and O–H groups in total. The van der Waals surface area contributed by atoms with E-state index in [4.69, 9.17) is 0 Å². The van der Waals surface area contributed by atoms with Crippen LogP contribution >= 0.6 is 0 Å². The first kappa shape index (κ1) is 11.8. The Morgan fingerprint density at radius 3 is 3.11 bits per heavy atom. The van der Waals surface area contributed by atoms with Gasteiger partial charge in [0.1, 0.15) is 6.04 Å². The van der Waals surface area contributed by atoms with Crippen LogP contribution in [0.5, 0.6) is 0 Å². The van der Waals surface area contributed by atoms with Gasteiger partial charge in [-0.05, 0) is 25.3 Å². The summed E-state index contributed by atoms with van der Waals surface area (Å²) in [5, 5.41) is 3.32. The highest BCUT2D eigenvalue weighted by Gasteiger charge is 2.23. The quantitative estimate of drug-likeness (QED) is 0.814. The van der Waals surface area contributed by atoms with Crippen molar-refractivity contribution in [3.8, 4) is 0 Å². The molecule has 0 bridgehead atoms. The number of aromatic nitrogens is 3. The molecule has 2 aromatic rings. The van der Waals surface area contributed by atoms with Crippen LogP contribution in [-0.2, 0) is 4.79 Å². The van der Waals surface area contributed by atoms with Crippen LogP contribution in [0.4, 0.5) is 0 Å². The lowest BCUT2D eigenvalue weighted by atomic mass is 10.1. The summed E-state index contributed by atoms with van der Waals surface area (Å²) < 4.78 is 1.43. The molecule has 1 aliphatic heterocycles. The number of hydrogen-bond donors (Lipinski definition) is 1. The van der Waals surface area contributed by atoms with Gasteiger partial charge in [0.05, 0.1) is 23.4 Å². The van der Waals surface area contributed by atoms with Gasteiger partial charge in [0.25, 0.3) is 5.56 Å². The highest BCUT2D eigenvalue weighted by atomic mass is 16.2. The molecule has 0 aromatic carbocycles. The van der Waals surface area contributed by atoms with Crippen molar-refractivity contribution in [2.24, 2.45) is 0 Å². The van der Waals surface area contributed by atoms with Gasteiger partial charge in [0.2, 0.25) is 5.91 Å². The zero-order valence-electron chi connectivity index (χ0n) is 10.4. The minimum Gasteiger partial charge on any atom is -0.354 e. The van der Waals surface area contributed by atoms with Crippen molar-refractivity contribution < 1.29 is 4.79 Å². The molecule has 1 aliphatic rings. The number of amides is 1. The fourth-order valence-electron chi connectivity index (χ4n) is 2.40. The lowest BCUT2D eigenvalue weighted by Crippen LogP contribution is -2.36. The Balaban J connectivity index is 2.12. The second-order valence-corrected chi connectivity index (χ2v) is 4.65. The SMILES string of the molecule is O=C1NCCCC[C@@H]1n1cnc2cnccc2c1=O. The maximum atomic E-state index is 12.4. The zero-order chi connectivity index (χ0) is 13.2. The molecule has 3 heterocycles. The highest BCUT2D eigenvalue weighted by Crippen LogP contribution is 2.17. The van der Waals surface area contributed by atoms with E-state index in [0.717, 1.165) is 12.8 Å². The van der Waals surface area contributed by atoms with Crippen LogP contribution in [0.15, 0.2) is 29.6 Å². The number of pyridine rings is 1. The van der Waals surface area contributed by atoms with Crippen LogP contribution in [-0.4, -0.2) is 27.0 Å². The van der Waals surface area contributed by atoms with E-state index < -0.39 is 6.04 Å². The zero-order valence-corrected chi connectivity index (χ0v) is 10.4. The molecule has 0 saturated carbocycles. The van der Waals surface area contributed by atoms with Crippen molar-refractivity contribution in [1.29, 1.82) is 0 Å². The van der Waals surface area contributed by atoms with Gasteiger partial charge in [-0.2, -0.15) is 0 Å². The Morgan fingerprint density at radius 1 is 1.32 bits per heavy atom. The molecule has 0 aliphatic carbocycles. The second kappa shape index (κ2) is 4.79. The summed E-state index contributed by atoms with van der Waals surface area (Å²) in [6.07, 6.45) is 7.09. The summed E-state index contributed by atoms with van der Waals surface area (Å²) in [6.45, 7) is 0.676. The summed E-state index contributed by atoms with van der Waals surface area (Å²) in [5.41, 5.74) is 0.368. The van der Waals surface area contributed by atoms with Gasteiger partial charge in [-0.25, -0.2) is 4.98 Å². The summed E-state index contributed by atoms with van der Waals surface area (Å²) in [7, 11) is 0. The van der Waals surface area contributed by atoms with Gasteiger partial charge in [0.15, 0.2) is 0 Å². The average Bonchev–Trinajstić information content (AvgIpc) is 2.65. The molecule has 1 amide bonds. The number of carbonyl (C=O) groups excluding carboxylic acids is 1. The van der Waals surface area contributed by atoms with Gasteiger partial charge in [-0.3, -0.25) is 19.1 Å². The third kappa shape index (κ3) is 2.09. The topological polar surface area (TPSA) is 76.9 Å². The summed E-state index contributed by atoms with van der Waals surface area (Å²) in [5.74, 6) is -0.102. The molecule has 6 heteroatoms. The number of nitrogens with zero attached hydrogens (tertiary/aromatic N) is 3. The molecule has 0 spiro atoms. The molecule has 3 rings (SSSR count). The summed E-state index contributed by atoms with van der Waals surface area (Å²) in [4.78, 5) is 32.5. The third-order valence-electron chi connectivity index (χ3n) is 3.43. The van der Waals surface area contributed by atoms with Crippen molar-refractivity contribution in [2.45, 2.75) is 25.3 Å². The second-order valence-electron chi connectivity index (χ2n) is 4.65. The average molecular weight is 258 g/mol. The van der Waals surface area contributed by atoms with Crippen molar-refractivity contribution in [3.05, 3.63) is 35.1 Å². The monoisotopic (exact) mass is 258 g/mol. The fraction of sp³-hybridized carbons (Fsp3) is 0.385. The molecule has 1 atom stereocenters. The molecule has 1 saturated heterocycles. The minimum absolute atomic E-state index is 0.102. The number of nitrogens with one attached hydrogen (secondary N) is 1. The fourth-order valence-corrected chi connectivity index (χ4v) is 2.40. The van der Waals surface area contributed by atoms with Crippen molar-refractivity contribution in [2.75, 3.05) is 6.54 Å². The third-order valence-corrected chi connectivity index (χ3v) is 3.43. The Morgan fingerprint density at radius 2 is 2.21 bits per heavy atom. The van der Waals surface area contributed by atoms with E-state index in [9.17, 15) is 9.59 Å². The van der Waals surface area contributed by atoms with E-state index in [0.29, 0.717) is 23.9 Å². The molecular weight excluding hydrogens is 244 g/mol.